The summed E-state index contributed by atoms with van der Waals surface area (Å²) in [5.74, 6) is -1.53. The number of pyridine rings is 1. The van der Waals surface area contributed by atoms with Crippen molar-refractivity contribution < 1.29 is 13.6 Å². The molecule has 0 bridgehead atoms. The first kappa shape index (κ1) is 17.9. The van der Waals surface area contributed by atoms with Gasteiger partial charge in [0, 0.05) is 44.0 Å². The molecular formula is C21H23F2N3O. The van der Waals surface area contributed by atoms with Crippen molar-refractivity contribution in [3.63, 3.8) is 0 Å². The van der Waals surface area contributed by atoms with E-state index in [1.165, 1.54) is 6.07 Å². The van der Waals surface area contributed by atoms with Crippen LogP contribution >= 0.6 is 0 Å². The summed E-state index contributed by atoms with van der Waals surface area (Å²) in [6, 6.07) is 6.21. The Hall–Kier alpha value is -2.50. The normalized spacial score (nSPS) is 21.3. The Kier molecular flexibility index (Phi) is 4.36. The zero-order valence-corrected chi connectivity index (χ0v) is 15.6. The summed E-state index contributed by atoms with van der Waals surface area (Å²) in [6.45, 7) is 5.76. The fourth-order valence-electron chi connectivity index (χ4n) is 4.14. The lowest BCUT2D eigenvalue weighted by atomic mass is 9.77. The molecule has 3 heterocycles. The topological polar surface area (TPSA) is 36.4 Å². The van der Waals surface area contributed by atoms with E-state index in [0.717, 1.165) is 18.1 Å². The Morgan fingerprint density at radius 2 is 2.00 bits per heavy atom. The van der Waals surface area contributed by atoms with Gasteiger partial charge in [0.2, 0.25) is 0 Å². The molecule has 1 unspecified atom stereocenters. The van der Waals surface area contributed by atoms with Crippen molar-refractivity contribution in [2.45, 2.75) is 38.0 Å². The van der Waals surface area contributed by atoms with Crippen molar-refractivity contribution in [1.82, 2.24) is 9.88 Å². The molecule has 6 heteroatoms. The maximum Gasteiger partial charge on any atom is 0.324 e. The van der Waals surface area contributed by atoms with E-state index in [-0.39, 0.29) is 17.4 Å². The zero-order chi connectivity index (χ0) is 19.2. The number of anilines is 1. The Morgan fingerprint density at radius 3 is 2.74 bits per heavy atom. The molecule has 1 fully saturated rings. The van der Waals surface area contributed by atoms with E-state index >= 15 is 0 Å². The van der Waals surface area contributed by atoms with E-state index in [2.05, 4.69) is 4.98 Å². The van der Waals surface area contributed by atoms with Gasteiger partial charge in [0.1, 0.15) is 0 Å². The third kappa shape index (κ3) is 3.17. The van der Waals surface area contributed by atoms with Gasteiger partial charge >= 0.3 is 6.03 Å². The molecule has 27 heavy (non-hydrogen) atoms. The molecule has 4 nitrogen and oxygen atoms in total. The van der Waals surface area contributed by atoms with Gasteiger partial charge in [0.05, 0.1) is 5.69 Å². The Bertz CT molecular complexity index is 869. The number of urea groups is 1. The van der Waals surface area contributed by atoms with Crippen LogP contribution in [0.5, 0.6) is 0 Å². The van der Waals surface area contributed by atoms with Crippen LogP contribution in [-0.2, 0) is 5.41 Å². The van der Waals surface area contributed by atoms with Crippen LogP contribution in [0.3, 0.4) is 0 Å². The number of likely N-dealkylation sites (tertiary alicyclic amines) is 1. The van der Waals surface area contributed by atoms with E-state index in [1.54, 1.807) is 16.0 Å². The van der Waals surface area contributed by atoms with Gasteiger partial charge in [0.15, 0.2) is 11.6 Å². The number of aromatic nitrogens is 1. The number of nitrogens with zero attached hydrogens (tertiary/aromatic N) is 3. The monoisotopic (exact) mass is 371 g/mol. The highest BCUT2D eigenvalue weighted by Gasteiger charge is 2.38. The number of benzene rings is 1. The molecule has 0 radical (unpaired) electrons. The number of fused-ring (bicyclic) bond motifs is 1. The Labute approximate surface area is 157 Å². The first-order valence-corrected chi connectivity index (χ1v) is 9.33. The van der Waals surface area contributed by atoms with Crippen LogP contribution in [0.2, 0.25) is 0 Å². The molecule has 0 aliphatic carbocycles. The molecule has 1 atom stereocenters. The van der Waals surface area contributed by atoms with Crippen LogP contribution < -0.4 is 4.90 Å². The molecule has 2 aliphatic heterocycles. The van der Waals surface area contributed by atoms with Crippen molar-refractivity contribution in [3.05, 3.63) is 59.4 Å². The average Bonchev–Trinajstić information content (AvgIpc) is 3.14. The van der Waals surface area contributed by atoms with Gasteiger partial charge in [-0.3, -0.25) is 9.88 Å². The second-order valence-corrected chi connectivity index (χ2v) is 8.07. The molecule has 2 aromatic rings. The lowest BCUT2D eigenvalue weighted by Crippen LogP contribution is -2.47. The van der Waals surface area contributed by atoms with Gasteiger partial charge in [-0.25, -0.2) is 13.6 Å². The van der Waals surface area contributed by atoms with E-state index in [4.69, 9.17) is 0 Å². The van der Waals surface area contributed by atoms with Crippen LogP contribution in [0.4, 0.5) is 19.3 Å². The molecule has 1 aromatic heterocycles. The second-order valence-electron chi connectivity index (χ2n) is 8.07. The highest BCUT2D eigenvalue weighted by molar-refractivity contribution is 5.94. The van der Waals surface area contributed by atoms with Crippen molar-refractivity contribution in [3.8, 4) is 0 Å². The van der Waals surface area contributed by atoms with E-state index < -0.39 is 11.6 Å². The highest BCUT2D eigenvalue weighted by Crippen LogP contribution is 2.41. The molecule has 0 saturated carbocycles. The van der Waals surface area contributed by atoms with Crippen LogP contribution in [0.25, 0.3) is 0 Å². The van der Waals surface area contributed by atoms with Crippen LogP contribution in [0.15, 0.2) is 36.7 Å². The number of halogens is 2. The van der Waals surface area contributed by atoms with Gasteiger partial charge < -0.3 is 4.90 Å². The maximum atomic E-state index is 13.9. The van der Waals surface area contributed by atoms with Gasteiger partial charge in [-0.1, -0.05) is 19.9 Å². The summed E-state index contributed by atoms with van der Waals surface area (Å²) in [5, 5.41) is 0. The minimum Gasteiger partial charge on any atom is -0.324 e. The SMILES string of the molecule is CC1(C)CCN(C(=O)N2CCC(c3cccnc3)C2)c2cc(F)c(F)cc21. The quantitative estimate of drug-likeness (QED) is 0.742. The zero-order valence-electron chi connectivity index (χ0n) is 15.6. The third-order valence-corrected chi connectivity index (χ3v) is 5.86. The molecule has 142 valence electrons. The summed E-state index contributed by atoms with van der Waals surface area (Å²) < 4.78 is 27.7. The number of carbonyl (C=O) groups is 1. The number of hydrogen-bond acceptors (Lipinski definition) is 2. The third-order valence-electron chi connectivity index (χ3n) is 5.86. The molecule has 2 aliphatic rings. The summed E-state index contributed by atoms with van der Waals surface area (Å²) in [4.78, 5) is 20.7. The predicted octanol–water partition coefficient (Wildman–Crippen LogP) is 4.46. The van der Waals surface area contributed by atoms with Crippen LogP contribution in [-0.4, -0.2) is 35.5 Å². The molecule has 1 saturated heterocycles. The molecule has 0 spiro atoms. The van der Waals surface area contributed by atoms with Gasteiger partial charge in [-0.05, 0) is 41.5 Å². The molecule has 0 N–H and O–H groups in total. The Morgan fingerprint density at radius 1 is 1.22 bits per heavy atom. The molecular weight excluding hydrogens is 348 g/mol. The van der Waals surface area contributed by atoms with Crippen molar-refractivity contribution in [1.29, 1.82) is 0 Å². The van der Waals surface area contributed by atoms with Crippen molar-refractivity contribution in [2.24, 2.45) is 0 Å². The molecule has 1 aromatic carbocycles. The predicted molar refractivity (Wildman–Crippen MR) is 99.9 cm³/mol. The number of rotatable bonds is 1. The fourth-order valence-corrected chi connectivity index (χ4v) is 4.14. The molecule has 2 amide bonds. The largest absolute Gasteiger partial charge is 0.324 e. The summed E-state index contributed by atoms with van der Waals surface area (Å²) >= 11 is 0. The van der Waals surface area contributed by atoms with E-state index in [9.17, 15) is 13.6 Å². The fraction of sp³-hybridized carbons (Fsp3) is 0.429. The minimum atomic E-state index is -0.918. The van der Waals surface area contributed by atoms with E-state index in [1.807, 2.05) is 32.2 Å². The van der Waals surface area contributed by atoms with Gasteiger partial charge in [-0.2, -0.15) is 0 Å². The summed E-state index contributed by atoms with van der Waals surface area (Å²) in [6.07, 6.45) is 5.16. The summed E-state index contributed by atoms with van der Waals surface area (Å²) in [7, 11) is 0. The summed E-state index contributed by atoms with van der Waals surface area (Å²) in [5.41, 5.74) is 1.99. The highest BCUT2D eigenvalue weighted by atomic mass is 19.2. The second kappa shape index (κ2) is 6.59. The van der Waals surface area contributed by atoms with Crippen LogP contribution in [0.1, 0.15) is 43.7 Å². The number of carbonyl (C=O) groups excluding carboxylic acids is 1. The minimum absolute atomic E-state index is 0.135. The van der Waals surface area contributed by atoms with Gasteiger partial charge in [0.25, 0.3) is 0 Å². The number of amides is 2. The van der Waals surface area contributed by atoms with Gasteiger partial charge in [-0.15, -0.1) is 0 Å². The molecule has 4 rings (SSSR count). The number of hydrogen-bond donors (Lipinski definition) is 0. The smallest absolute Gasteiger partial charge is 0.324 e. The van der Waals surface area contributed by atoms with E-state index in [0.29, 0.717) is 37.3 Å². The first-order valence-electron chi connectivity index (χ1n) is 9.33. The lowest BCUT2D eigenvalue weighted by Gasteiger charge is -2.40. The maximum absolute atomic E-state index is 13.9. The standard InChI is InChI=1S/C21H23F2N3O/c1-21(2)6-9-26(19-11-18(23)17(22)10-16(19)21)20(27)25-8-5-15(13-25)14-4-3-7-24-12-14/h3-4,7,10-12,15H,5-6,8-9,13H2,1-2H3. The van der Waals surface area contributed by atoms with Crippen molar-refractivity contribution >= 4 is 11.7 Å². The first-order chi connectivity index (χ1) is 12.9. The lowest BCUT2D eigenvalue weighted by molar-refractivity contribution is 0.213. The van der Waals surface area contributed by atoms with Crippen LogP contribution in [0, 0.1) is 11.6 Å². The van der Waals surface area contributed by atoms with Crippen molar-refractivity contribution in [2.75, 3.05) is 24.5 Å². The average molecular weight is 371 g/mol. The Balaban J connectivity index is 1.59.